The molecule has 2 aromatic carbocycles. The number of rotatable bonds is 3. The molecule has 2 aliphatic heterocycles. The van der Waals surface area contributed by atoms with Crippen molar-refractivity contribution in [2.45, 2.75) is 50.3 Å². The summed E-state index contributed by atoms with van der Waals surface area (Å²) in [5.41, 5.74) is 2.12. The molecule has 29 heavy (non-hydrogen) atoms. The Balaban J connectivity index is 1.66. The van der Waals surface area contributed by atoms with E-state index in [2.05, 4.69) is 0 Å². The van der Waals surface area contributed by atoms with E-state index in [0.717, 1.165) is 5.56 Å². The van der Waals surface area contributed by atoms with Gasteiger partial charge < -0.3 is 9.64 Å². The smallest absolute Gasteiger partial charge is 0.264 e. The van der Waals surface area contributed by atoms with Gasteiger partial charge in [-0.1, -0.05) is 24.3 Å². The fourth-order valence-electron chi connectivity index (χ4n) is 4.33. The Labute approximate surface area is 172 Å². The van der Waals surface area contributed by atoms with Crippen LogP contribution in [0, 0.1) is 0 Å². The van der Waals surface area contributed by atoms with Crippen molar-refractivity contribution in [1.82, 2.24) is 4.90 Å². The van der Waals surface area contributed by atoms with E-state index in [-0.39, 0.29) is 29.1 Å². The van der Waals surface area contributed by atoms with Gasteiger partial charge in [-0.2, -0.15) is 0 Å². The van der Waals surface area contributed by atoms with Crippen LogP contribution < -0.4 is 4.31 Å². The predicted octanol–water partition coefficient (Wildman–Crippen LogP) is 3.08. The molecule has 0 aliphatic carbocycles. The molecule has 7 heteroatoms. The number of hydrogen-bond acceptors (Lipinski definition) is 4. The summed E-state index contributed by atoms with van der Waals surface area (Å²) in [7, 11) is -3.77. The van der Waals surface area contributed by atoms with Gasteiger partial charge in [-0.05, 0) is 57.0 Å². The van der Waals surface area contributed by atoms with E-state index in [1.165, 1.54) is 10.4 Å². The summed E-state index contributed by atoms with van der Waals surface area (Å²) < 4.78 is 34.1. The number of carbonyl (C=O) groups is 1. The van der Waals surface area contributed by atoms with Gasteiger partial charge in [-0.15, -0.1) is 0 Å². The van der Waals surface area contributed by atoms with Crippen LogP contribution in [0.2, 0.25) is 0 Å². The summed E-state index contributed by atoms with van der Waals surface area (Å²) in [5, 5.41) is 0. The van der Waals surface area contributed by atoms with Crippen LogP contribution in [-0.4, -0.2) is 50.6 Å². The summed E-state index contributed by atoms with van der Waals surface area (Å²) in [5.74, 6) is -0.168. The van der Waals surface area contributed by atoms with Gasteiger partial charge in [0.1, 0.15) is 0 Å². The van der Waals surface area contributed by atoms with E-state index in [1.54, 1.807) is 23.1 Å². The van der Waals surface area contributed by atoms with E-state index in [9.17, 15) is 13.2 Å². The molecule has 3 unspecified atom stereocenters. The van der Waals surface area contributed by atoms with Crippen molar-refractivity contribution in [3.05, 3.63) is 59.7 Å². The monoisotopic (exact) mass is 414 g/mol. The van der Waals surface area contributed by atoms with Crippen LogP contribution in [0.5, 0.6) is 0 Å². The molecule has 0 aromatic heterocycles. The highest BCUT2D eigenvalue weighted by Gasteiger charge is 2.36. The maximum atomic E-state index is 13.4. The predicted molar refractivity (Wildman–Crippen MR) is 112 cm³/mol. The van der Waals surface area contributed by atoms with Crippen molar-refractivity contribution in [3.8, 4) is 0 Å². The number of anilines is 1. The van der Waals surface area contributed by atoms with Crippen molar-refractivity contribution in [2.75, 3.05) is 17.4 Å². The largest absolute Gasteiger partial charge is 0.372 e. The third-order valence-corrected chi connectivity index (χ3v) is 7.41. The first-order valence-electron chi connectivity index (χ1n) is 9.94. The number of sulfonamides is 1. The summed E-state index contributed by atoms with van der Waals surface area (Å²) >= 11 is 0. The zero-order valence-corrected chi connectivity index (χ0v) is 17.7. The molecule has 1 fully saturated rings. The summed E-state index contributed by atoms with van der Waals surface area (Å²) in [4.78, 5) is 14.9. The highest BCUT2D eigenvalue weighted by atomic mass is 32.2. The molecule has 2 aliphatic rings. The van der Waals surface area contributed by atoms with Gasteiger partial charge in [0.2, 0.25) is 0 Å². The molecule has 1 amide bonds. The average molecular weight is 415 g/mol. The second-order valence-corrected chi connectivity index (χ2v) is 9.79. The van der Waals surface area contributed by atoms with Crippen molar-refractivity contribution < 1.29 is 17.9 Å². The van der Waals surface area contributed by atoms with Crippen LogP contribution in [0.1, 0.15) is 36.7 Å². The third-order valence-electron chi connectivity index (χ3n) is 5.49. The first-order chi connectivity index (χ1) is 13.8. The fourth-order valence-corrected chi connectivity index (χ4v) is 6.07. The molecule has 0 spiro atoms. The molecule has 0 bridgehead atoms. The number of para-hydroxylation sites is 1. The number of ether oxygens (including phenoxy) is 1. The second-order valence-electron chi connectivity index (χ2n) is 7.98. The number of hydrogen-bond donors (Lipinski definition) is 0. The lowest BCUT2D eigenvalue weighted by Gasteiger charge is -2.35. The first kappa shape index (κ1) is 19.9. The number of benzene rings is 2. The van der Waals surface area contributed by atoms with Crippen LogP contribution in [-0.2, 0) is 21.2 Å². The quantitative estimate of drug-likeness (QED) is 0.774. The van der Waals surface area contributed by atoms with Gasteiger partial charge >= 0.3 is 0 Å². The molecule has 2 heterocycles. The van der Waals surface area contributed by atoms with Crippen molar-refractivity contribution in [2.24, 2.45) is 0 Å². The Morgan fingerprint density at radius 3 is 2.41 bits per heavy atom. The molecule has 1 saturated heterocycles. The topological polar surface area (TPSA) is 66.9 Å². The zero-order valence-electron chi connectivity index (χ0n) is 16.9. The lowest BCUT2D eigenvalue weighted by atomic mass is 10.1. The van der Waals surface area contributed by atoms with Crippen LogP contribution in [0.4, 0.5) is 5.69 Å². The average Bonchev–Trinajstić information content (AvgIpc) is 3.03. The van der Waals surface area contributed by atoms with Crippen LogP contribution >= 0.6 is 0 Å². The minimum Gasteiger partial charge on any atom is -0.372 e. The first-order valence-corrected chi connectivity index (χ1v) is 11.4. The number of nitrogens with zero attached hydrogens (tertiary/aromatic N) is 2. The number of carbonyl (C=O) groups excluding carboxylic acids is 1. The van der Waals surface area contributed by atoms with E-state index < -0.39 is 10.0 Å². The lowest BCUT2D eigenvalue weighted by molar-refractivity contribution is -0.0586. The van der Waals surface area contributed by atoms with Crippen LogP contribution in [0.3, 0.4) is 0 Å². The van der Waals surface area contributed by atoms with Gasteiger partial charge in [-0.25, -0.2) is 8.42 Å². The van der Waals surface area contributed by atoms with Crippen molar-refractivity contribution in [3.63, 3.8) is 0 Å². The highest BCUT2D eigenvalue weighted by Crippen LogP contribution is 2.36. The SMILES string of the molecule is CC1CN(C(=O)c2cccc(S(=O)(=O)N3c4ccccc4CC3C)c2)CC(C)O1. The fraction of sp³-hybridized carbons (Fsp3) is 0.409. The van der Waals surface area contributed by atoms with Crippen molar-refractivity contribution >= 4 is 21.6 Å². The molecular weight excluding hydrogens is 388 g/mol. The van der Waals surface area contributed by atoms with Gasteiger partial charge in [-0.3, -0.25) is 9.10 Å². The maximum absolute atomic E-state index is 13.4. The molecule has 0 N–H and O–H groups in total. The third kappa shape index (κ3) is 3.65. The van der Waals surface area contributed by atoms with E-state index in [1.807, 2.05) is 45.0 Å². The van der Waals surface area contributed by atoms with Gasteiger partial charge in [0.05, 0.1) is 22.8 Å². The molecule has 2 aromatic rings. The molecule has 6 nitrogen and oxygen atoms in total. The van der Waals surface area contributed by atoms with Gasteiger partial charge in [0.15, 0.2) is 0 Å². The Kier molecular flexibility index (Phi) is 5.12. The molecule has 0 radical (unpaired) electrons. The molecule has 3 atom stereocenters. The summed E-state index contributed by atoms with van der Waals surface area (Å²) in [6.07, 6.45) is 0.588. The van der Waals surface area contributed by atoms with E-state index in [4.69, 9.17) is 4.74 Å². The summed E-state index contributed by atoms with van der Waals surface area (Å²) in [6, 6.07) is 13.8. The Hall–Kier alpha value is -2.38. The number of fused-ring (bicyclic) bond motifs is 1. The van der Waals surface area contributed by atoms with Gasteiger partial charge in [0, 0.05) is 24.7 Å². The standard InChI is InChI=1S/C22H26N2O4S/c1-15-11-18-7-4-5-10-21(18)24(15)29(26,27)20-9-6-8-19(12-20)22(25)23-13-16(2)28-17(3)14-23/h4-10,12,15-17H,11,13-14H2,1-3H3. The Morgan fingerprint density at radius 1 is 1.00 bits per heavy atom. The van der Waals surface area contributed by atoms with E-state index >= 15 is 0 Å². The lowest BCUT2D eigenvalue weighted by Crippen LogP contribution is -2.48. The number of amides is 1. The zero-order chi connectivity index (χ0) is 20.8. The minimum atomic E-state index is -3.77. The Morgan fingerprint density at radius 2 is 1.69 bits per heavy atom. The molecule has 0 saturated carbocycles. The molecular formula is C22H26N2O4S. The number of morpholine rings is 1. The Bertz CT molecular complexity index is 1030. The summed E-state index contributed by atoms with van der Waals surface area (Å²) in [6.45, 7) is 6.77. The van der Waals surface area contributed by atoms with Gasteiger partial charge in [0.25, 0.3) is 15.9 Å². The van der Waals surface area contributed by atoms with Crippen molar-refractivity contribution in [1.29, 1.82) is 0 Å². The second kappa shape index (κ2) is 7.46. The van der Waals surface area contributed by atoms with Crippen LogP contribution in [0.15, 0.2) is 53.4 Å². The normalized spacial score (nSPS) is 24.4. The van der Waals surface area contributed by atoms with E-state index in [0.29, 0.717) is 30.8 Å². The molecule has 4 rings (SSSR count). The highest BCUT2D eigenvalue weighted by molar-refractivity contribution is 7.92. The minimum absolute atomic E-state index is 0.0448. The molecule has 154 valence electrons. The maximum Gasteiger partial charge on any atom is 0.264 e. The van der Waals surface area contributed by atoms with Crippen LogP contribution in [0.25, 0.3) is 0 Å².